The van der Waals surface area contributed by atoms with Gasteiger partial charge in [0.15, 0.2) is 5.96 Å². The Morgan fingerprint density at radius 1 is 1.30 bits per heavy atom. The van der Waals surface area contributed by atoms with Crippen molar-refractivity contribution in [1.82, 2.24) is 15.6 Å². The molecule has 0 fully saturated rings. The number of nitrogens with one attached hydrogen (secondary N) is 2. The first-order chi connectivity index (χ1) is 9.22. The molecule has 0 saturated carbocycles. The van der Waals surface area contributed by atoms with Crippen molar-refractivity contribution in [2.24, 2.45) is 10.9 Å². The van der Waals surface area contributed by atoms with E-state index in [9.17, 15) is 0 Å². The van der Waals surface area contributed by atoms with Crippen LogP contribution in [0.25, 0.3) is 0 Å². The standard InChI is InChI=1S/C15H26N4.HI/c1-4-16-15(18-11-7-8-13(2)3)19-12-14-9-5-6-10-17-14;/h5-6,9-10,13H,4,7-8,11-12H2,1-3H3,(H2,16,18,19);1H. The highest BCUT2D eigenvalue weighted by Crippen LogP contribution is 2.01. The van der Waals surface area contributed by atoms with Crippen LogP contribution in [0.15, 0.2) is 29.4 Å². The smallest absolute Gasteiger partial charge is 0.191 e. The maximum absolute atomic E-state index is 4.53. The quantitative estimate of drug-likeness (QED) is 0.325. The van der Waals surface area contributed by atoms with Crippen LogP contribution in [0.1, 0.15) is 39.3 Å². The van der Waals surface area contributed by atoms with Crippen molar-refractivity contribution in [1.29, 1.82) is 0 Å². The van der Waals surface area contributed by atoms with Gasteiger partial charge in [0.1, 0.15) is 0 Å². The fourth-order valence-corrected chi connectivity index (χ4v) is 1.71. The molecule has 0 aliphatic rings. The average Bonchev–Trinajstić information content (AvgIpc) is 2.41. The molecule has 0 saturated heterocycles. The maximum atomic E-state index is 4.53. The van der Waals surface area contributed by atoms with E-state index in [1.165, 1.54) is 12.8 Å². The van der Waals surface area contributed by atoms with Crippen molar-refractivity contribution in [2.45, 2.75) is 40.2 Å². The second-order valence-electron chi connectivity index (χ2n) is 4.98. The van der Waals surface area contributed by atoms with Crippen molar-refractivity contribution >= 4 is 29.9 Å². The van der Waals surface area contributed by atoms with E-state index in [1.54, 1.807) is 6.20 Å². The van der Waals surface area contributed by atoms with E-state index >= 15 is 0 Å². The zero-order valence-corrected chi connectivity index (χ0v) is 15.1. The molecule has 1 heterocycles. The van der Waals surface area contributed by atoms with Crippen LogP contribution in [0, 0.1) is 5.92 Å². The van der Waals surface area contributed by atoms with E-state index in [4.69, 9.17) is 0 Å². The zero-order chi connectivity index (χ0) is 13.9. The summed E-state index contributed by atoms with van der Waals surface area (Å²) >= 11 is 0. The lowest BCUT2D eigenvalue weighted by Crippen LogP contribution is -2.37. The Hall–Kier alpha value is -0.850. The van der Waals surface area contributed by atoms with E-state index in [0.29, 0.717) is 6.54 Å². The van der Waals surface area contributed by atoms with Crippen molar-refractivity contribution in [3.63, 3.8) is 0 Å². The fraction of sp³-hybridized carbons (Fsp3) is 0.600. The summed E-state index contributed by atoms with van der Waals surface area (Å²) in [6.07, 6.45) is 4.21. The predicted octanol–water partition coefficient (Wildman–Crippen LogP) is 3.19. The lowest BCUT2D eigenvalue weighted by molar-refractivity contribution is 0.549. The van der Waals surface area contributed by atoms with Crippen molar-refractivity contribution in [3.8, 4) is 0 Å². The van der Waals surface area contributed by atoms with Gasteiger partial charge in [-0.05, 0) is 37.8 Å². The van der Waals surface area contributed by atoms with E-state index < -0.39 is 0 Å². The number of hydrogen-bond donors (Lipinski definition) is 2. The van der Waals surface area contributed by atoms with Crippen LogP contribution < -0.4 is 10.6 Å². The van der Waals surface area contributed by atoms with Gasteiger partial charge in [-0.15, -0.1) is 24.0 Å². The topological polar surface area (TPSA) is 49.3 Å². The molecule has 1 aromatic rings. The summed E-state index contributed by atoms with van der Waals surface area (Å²) < 4.78 is 0. The predicted molar refractivity (Wildman–Crippen MR) is 96.5 cm³/mol. The van der Waals surface area contributed by atoms with Crippen LogP contribution >= 0.6 is 24.0 Å². The molecule has 20 heavy (non-hydrogen) atoms. The molecule has 1 rings (SSSR count). The SMILES string of the molecule is CCNC(=NCc1ccccn1)NCCCC(C)C.I. The van der Waals surface area contributed by atoms with Gasteiger partial charge in [0.25, 0.3) is 0 Å². The minimum atomic E-state index is 0. The molecular formula is C15H27IN4. The molecule has 0 atom stereocenters. The average molecular weight is 390 g/mol. The third-order valence-electron chi connectivity index (χ3n) is 2.72. The number of hydrogen-bond acceptors (Lipinski definition) is 2. The molecular weight excluding hydrogens is 363 g/mol. The van der Waals surface area contributed by atoms with Crippen molar-refractivity contribution in [2.75, 3.05) is 13.1 Å². The number of nitrogens with zero attached hydrogens (tertiary/aromatic N) is 2. The van der Waals surface area contributed by atoms with Gasteiger partial charge < -0.3 is 10.6 Å². The second kappa shape index (κ2) is 11.9. The number of aliphatic imine (C=N–C) groups is 1. The Balaban J connectivity index is 0.00000361. The van der Waals surface area contributed by atoms with Crippen molar-refractivity contribution in [3.05, 3.63) is 30.1 Å². The first-order valence-electron chi connectivity index (χ1n) is 7.14. The maximum Gasteiger partial charge on any atom is 0.191 e. The van der Waals surface area contributed by atoms with Gasteiger partial charge in [0, 0.05) is 19.3 Å². The van der Waals surface area contributed by atoms with Crippen LogP contribution in [0.3, 0.4) is 0 Å². The largest absolute Gasteiger partial charge is 0.357 e. The van der Waals surface area contributed by atoms with Crippen LogP contribution in [-0.2, 0) is 6.54 Å². The molecule has 0 radical (unpaired) electrons. The Labute approximate surface area is 139 Å². The van der Waals surface area contributed by atoms with Gasteiger partial charge in [0.2, 0.25) is 0 Å². The Bertz CT molecular complexity index is 365. The molecule has 0 aliphatic carbocycles. The fourth-order valence-electron chi connectivity index (χ4n) is 1.71. The number of rotatable bonds is 7. The normalized spacial score (nSPS) is 11.1. The third-order valence-corrected chi connectivity index (χ3v) is 2.72. The van der Waals surface area contributed by atoms with Gasteiger partial charge in [-0.3, -0.25) is 4.98 Å². The monoisotopic (exact) mass is 390 g/mol. The molecule has 4 nitrogen and oxygen atoms in total. The minimum absolute atomic E-state index is 0. The van der Waals surface area contributed by atoms with E-state index in [0.717, 1.165) is 30.7 Å². The molecule has 0 spiro atoms. The summed E-state index contributed by atoms with van der Waals surface area (Å²) in [4.78, 5) is 8.80. The Morgan fingerprint density at radius 3 is 2.70 bits per heavy atom. The van der Waals surface area contributed by atoms with Gasteiger partial charge in [0.05, 0.1) is 12.2 Å². The lowest BCUT2D eigenvalue weighted by atomic mass is 10.1. The van der Waals surface area contributed by atoms with Crippen LogP contribution in [0.2, 0.25) is 0 Å². The van der Waals surface area contributed by atoms with Crippen LogP contribution in [0.4, 0.5) is 0 Å². The summed E-state index contributed by atoms with van der Waals surface area (Å²) in [5.74, 6) is 1.63. The third kappa shape index (κ3) is 9.12. The number of guanidine groups is 1. The highest BCUT2D eigenvalue weighted by molar-refractivity contribution is 14.0. The van der Waals surface area contributed by atoms with E-state index in [-0.39, 0.29) is 24.0 Å². The molecule has 0 aliphatic heterocycles. The molecule has 2 N–H and O–H groups in total. The molecule has 0 bridgehead atoms. The van der Waals surface area contributed by atoms with Crippen molar-refractivity contribution < 1.29 is 0 Å². The summed E-state index contributed by atoms with van der Waals surface area (Å²) in [5, 5.41) is 6.61. The highest BCUT2D eigenvalue weighted by atomic mass is 127. The summed E-state index contributed by atoms with van der Waals surface area (Å²) in [5.41, 5.74) is 0.988. The van der Waals surface area contributed by atoms with Gasteiger partial charge in [-0.25, -0.2) is 4.99 Å². The zero-order valence-electron chi connectivity index (χ0n) is 12.7. The number of pyridine rings is 1. The first-order valence-corrected chi connectivity index (χ1v) is 7.14. The lowest BCUT2D eigenvalue weighted by Gasteiger charge is -2.11. The van der Waals surface area contributed by atoms with E-state index in [2.05, 4.69) is 41.4 Å². The number of halogens is 1. The van der Waals surface area contributed by atoms with Gasteiger partial charge in [-0.2, -0.15) is 0 Å². The first kappa shape index (κ1) is 19.1. The summed E-state index contributed by atoms with van der Waals surface area (Å²) in [6.45, 7) is 9.03. The van der Waals surface area contributed by atoms with Gasteiger partial charge >= 0.3 is 0 Å². The summed E-state index contributed by atoms with van der Waals surface area (Å²) in [7, 11) is 0. The molecule has 0 amide bonds. The summed E-state index contributed by atoms with van der Waals surface area (Å²) in [6, 6.07) is 5.90. The molecule has 0 aromatic carbocycles. The highest BCUT2D eigenvalue weighted by Gasteiger charge is 1.98. The van der Waals surface area contributed by atoms with E-state index in [1.807, 2.05) is 18.2 Å². The van der Waals surface area contributed by atoms with Crippen LogP contribution in [-0.4, -0.2) is 24.0 Å². The molecule has 5 heteroatoms. The Kier molecular flexibility index (Phi) is 11.4. The second-order valence-corrected chi connectivity index (χ2v) is 4.98. The minimum Gasteiger partial charge on any atom is -0.357 e. The Morgan fingerprint density at radius 2 is 2.10 bits per heavy atom. The molecule has 1 aromatic heterocycles. The number of aromatic nitrogens is 1. The van der Waals surface area contributed by atoms with Crippen LogP contribution in [0.5, 0.6) is 0 Å². The molecule has 0 unspecified atom stereocenters. The molecule has 114 valence electrons. The van der Waals surface area contributed by atoms with Gasteiger partial charge in [-0.1, -0.05) is 19.9 Å².